The molecule has 1 spiro atoms. The Balaban J connectivity index is 0.000000178. The first-order valence-corrected chi connectivity index (χ1v) is 52.0. The summed E-state index contributed by atoms with van der Waals surface area (Å²) in [5, 5.41) is 189. The van der Waals surface area contributed by atoms with E-state index < -0.39 is 53.2 Å². The molecule has 14 unspecified atom stereocenters. The Kier molecular flexibility index (Phi) is 47.4. The Bertz CT molecular complexity index is 4810. The Hall–Kier alpha value is -6.39. The van der Waals surface area contributed by atoms with Gasteiger partial charge in [0, 0.05) is 89.9 Å². The minimum absolute atomic E-state index is 0.0352. The van der Waals surface area contributed by atoms with Crippen molar-refractivity contribution in [2.45, 2.75) is 280 Å². The molecular formula is C113H174O30. The van der Waals surface area contributed by atoms with Crippen molar-refractivity contribution in [2.24, 2.45) is 98.1 Å². The summed E-state index contributed by atoms with van der Waals surface area (Å²) in [6.45, 7) is 26.4. The van der Waals surface area contributed by atoms with Gasteiger partial charge in [-0.2, -0.15) is 0 Å². The molecule has 18 rings (SSSR count). The fourth-order valence-corrected chi connectivity index (χ4v) is 22.5. The number of aliphatic hydroxyl groups excluding tert-OH is 18. The largest absolute Gasteiger partial charge is 0.465 e. The maximum Gasteiger partial charge on any atom is 0.313 e. The normalized spacial score (nSPS) is 28.1. The second-order valence-electron chi connectivity index (χ2n) is 45.0. The fraction of sp³-hybridized carbons (Fsp3) is 0.690. The highest BCUT2D eigenvalue weighted by Crippen LogP contribution is 2.63. The summed E-state index contributed by atoms with van der Waals surface area (Å²) >= 11 is 0. The number of carbonyl (C=O) groups is 1. The number of rotatable bonds is 21. The van der Waals surface area contributed by atoms with Crippen LogP contribution in [0.4, 0.5) is 0 Å². The molecule has 806 valence electrons. The molecule has 20 N–H and O–H groups in total. The minimum Gasteiger partial charge on any atom is -0.465 e. The zero-order valence-electron chi connectivity index (χ0n) is 86.8. The van der Waals surface area contributed by atoms with Crippen LogP contribution in [-0.4, -0.2) is 264 Å². The van der Waals surface area contributed by atoms with Gasteiger partial charge in [0.15, 0.2) is 12.6 Å². The lowest BCUT2D eigenvalue weighted by atomic mass is 9.42. The second kappa shape index (κ2) is 56.5. The van der Waals surface area contributed by atoms with E-state index in [1.807, 2.05) is 109 Å². The predicted octanol–water partition coefficient (Wildman–Crippen LogP) is 13.0. The van der Waals surface area contributed by atoms with Crippen LogP contribution in [0.2, 0.25) is 0 Å². The van der Waals surface area contributed by atoms with Gasteiger partial charge >= 0.3 is 5.97 Å². The summed E-state index contributed by atoms with van der Waals surface area (Å²) in [4.78, 5) is 11.4. The van der Waals surface area contributed by atoms with Crippen molar-refractivity contribution in [3.8, 4) is 0 Å². The molecular weight excluding hydrogens is 1840 g/mol. The number of esters is 1. The van der Waals surface area contributed by atoms with Gasteiger partial charge in [-0.1, -0.05) is 145 Å². The molecule has 5 heterocycles. The molecule has 3 aliphatic heterocycles. The van der Waals surface area contributed by atoms with Crippen LogP contribution in [-0.2, 0) is 75.4 Å². The molecule has 0 bridgehead atoms. The topological polar surface area (TPSA) is 513 Å². The van der Waals surface area contributed by atoms with Crippen molar-refractivity contribution in [3.63, 3.8) is 0 Å². The molecule has 8 aromatic rings. The molecule has 3 saturated heterocycles. The first-order chi connectivity index (χ1) is 68.0. The van der Waals surface area contributed by atoms with Gasteiger partial charge < -0.3 is 144 Å². The number of hydrogen-bond acceptors (Lipinski definition) is 30. The van der Waals surface area contributed by atoms with E-state index in [0.717, 1.165) is 151 Å². The molecule has 10 aliphatic rings. The van der Waals surface area contributed by atoms with Crippen LogP contribution in [0.5, 0.6) is 0 Å². The van der Waals surface area contributed by atoms with E-state index in [4.69, 9.17) is 83.6 Å². The molecule has 0 radical (unpaired) electrons. The van der Waals surface area contributed by atoms with E-state index >= 15 is 0 Å². The summed E-state index contributed by atoms with van der Waals surface area (Å²) in [6.07, 6.45) is 19.4. The highest BCUT2D eigenvalue weighted by atomic mass is 16.7. The molecule has 2 aromatic heterocycles. The molecule has 6 aromatic carbocycles. The maximum absolute atomic E-state index is 11.4. The van der Waals surface area contributed by atoms with Gasteiger partial charge in [-0.05, 0) is 285 Å². The highest BCUT2D eigenvalue weighted by molar-refractivity contribution is 6.07. The number of fused-ring (bicyclic) bond motifs is 10. The van der Waals surface area contributed by atoms with Crippen LogP contribution in [0.1, 0.15) is 238 Å². The van der Waals surface area contributed by atoms with Gasteiger partial charge in [0.05, 0.1) is 127 Å². The lowest BCUT2D eigenvalue weighted by molar-refractivity contribution is -0.310. The average Bonchev–Trinajstić information content (AvgIpc) is 1.70. The monoisotopic (exact) mass is 2010 g/mol. The molecule has 30 nitrogen and oxygen atoms in total. The highest BCUT2D eigenvalue weighted by Gasteiger charge is 2.60. The molecule has 14 atom stereocenters. The lowest BCUT2D eigenvalue weighted by Crippen LogP contribution is -2.62. The summed E-state index contributed by atoms with van der Waals surface area (Å²) < 4.78 is 47.0. The second-order valence-corrected chi connectivity index (χ2v) is 45.0. The van der Waals surface area contributed by atoms with Gasteiger partial charge in [0.1, 0.15) is 22.3 Å². The van der Waals surface area contributed by atoms with Gasteiger partial charge in [-0.3, -0.25) is 4.79 Å². The number of carbonyl (C=O) groups excluding carboxylic acids is 1. The first kappa shape index (κ1) is 120. The summed E-state index contributed by atoms with van der Waals surface area (Å²) in [5.41, 5.74) is 4.98. The number of para-hydroxylation sites is 4. The molecule has 0 amide bonds. The van der Waals surface area contributed by atoms with E-state index in [1.54, 1.807) is 55.4 Å². The smallest absolute Gasteiger partial charge is 0.313 e. The van der Waals surface area contributed by atoms with E-state index in [-0.39, 0.29) is 101 Å². The van der Waals surface area contributed by atoms with Crippen LogP contribution in [0.25, 0.3) is 54.6 Å². The van der Waals surface area contributed by atoms with Gasteiger partial charge in [0.2, 0.25) is 12.6 Å². The third-order valence-corrected chi connectivity index (χ3v) is 31.5. The van der Waals surface area contributed by atoms with E-state index in [9.17, 15) is 55.9 Å². The van der Waals surface area contributed by atoms with Crippen LogP contribution in [0.15, 0.2) is 118 Å². The zero-order chi connectivity index (χ0) is 105. The van der Waals surface area contributed by atoms with Gasteiger partial charge in [-0.25, -0.2) is 0 Å². The zero-order valence-corrected chi connectivity index (χ0v) is 86.8. The summed E-state index contributed by atoms with van der Waals surface area (Å²) in [6, 6.07) is 34.9. The van der Waals surface area contributed by atoms with Crippen LogP contribution >= 0.6 is 0 Å². The standard InChI is InChI=1S/C16H20O2.C15H14O3.C14H12O3.C13H24O2.C12H22O2.C10H20O4.C10H18O2.C10H20O2.C9H16O6.C4H8O4/c1-15(2,17)13-7-5-12-10-14(16(3,4)18)8-6-11(12)9-13;16-8-7-10-3-1-5-12-13-6-2-4-11(9-17)15(13)18-14(10)12;15-7-9-3-1-5-11-12-6-2-4-10(8-16)14(12)17-13(9)11;14-6-5-10-1-3-13-8-11(9-15)2-4-12(13)7-10;13-7-9-1-3-11-6-10(8-14)2-4-12(11)5-9;1-9(2,5-11)7-14-8(13)10(3,4)6-12;11-9-3-1-7-5-10(12)4-2-8(7)6-9;1-9(2)7(5-11)10(3,4)8(9)6-12;10-1-7-12-3-9(4-13-7)5-14-8(2-11)15-6-9;5-3-4(6)8-2-1-7-3/h5-10,17-18H,1-4H3;1-6,16-17H,7-9H2;1-6,15-16H,7-8H2;10-15H,1-9H2;9-14H,1-8H2;11-12H,5-7H2,1-4H3;7-12H,1-6H2;7-8,11-12H,5-6H2,1-4H3;7-8,10-11H,1-6H2;3-6H,1-2H2. The van der Waals surface area contributed by atoms with Gasteiger partial charge in [-0.15, -0.1) is 0 Å². The number of furan rings is 2. The SMILES string of the molecule is CC(C)(CO)COC(=O)C(C)(C)CO.CC(C)(O)c1ccc2cc(C(C)(C)O)ccc2c1.CC1(C)C(CO)C(C)(C)C1CO.OC1CCC2CC(O)CCC2C1.OC1OCCOC1O.OCC1CCC2CC(CO)CCC2C1.OCC1OCC2(CO1)COC(CO)OC2.OCCC1CCC2CC(CO)CCC2C1.OCCc1cccc2c1oc1c(CO)cccc12.OCc1cccc2c1oc1c(CO)cccc12. The minimum atomic E-state index is -1.16. The Labute approximate surface area is 844 Å². The van der Waals surface area contributed by atoms with E-state index in [1.165, 1.54) is 77.0 Å². The molecule has 7 aliphatic carbocycles. The lowest BCUT2D eigenvalue weighted by Gasteiger charge is -2.63. The van der Waals surface area contributed by atoms with Crippen LogP contribution in [0, 0.1) is 98.1 Å². The molecule has 10 fully saturated rings. The first-order valence-electron chi connectivity index (χ1n) is 52.0. The van der Waals surface area contributed by atoms with Crippen molar-refractivity contribution in [1.29, 1.82) is 0 Å². The van der Waals surface area contributed by atoms with Crippen LogP contribution in [0.3, 0.4) is 0 Å². The molecule has 143 heavy (non-hydrogen) atoms. The quantitative estimate of drug-likeness (QED) is 0.0297. The van der Waals surface area contributed by atoms with E-state index in [2.05, 4.69) is 37.2 Å². The number of ether oxygens (including phenoxy) is 7. The Morgan fingerprint density at radius 1 is 0.371 bits per heavy atom. The number of hydrogen-bond donors (Lipinski definition) is 20. The van der Waals surface area contributed by atoms with Crippen LogP contribution < -0.4 is 0 Å². The Morgan fingerprint density at radius 3 is 1.00 bits per heavy atom. The molecule has 7 saturated carbocycles. The average molecular weight is 2010 g/mol. The third-order valence-electron chi connectivity index (χ3n) is 31.5. The van der Waals surface area contributed by atoms with Crippen molar-refractivity contribution >= 4 is 60.6 Å². The van der Waals surface area contributed by atoms with Crippen molar-refractivity contribution in [1.82, 2.24) is 0 Å². The van der Waals surface area contributed by atoms with E-state index in [0.29, 0.717) is 125 Å². The number of benzene rings is 6. The van der Waals surface area contributed by atoms with Crippen molar-refractivity contribution < 1.29 is 149 Å². The molecule has 30 heteroatoms. The Morgan fingerprint density at radius 2 is 0.699 bits per heavy atom. The summed E-state index contributed by atoms with van der Waals surface area (Å²) in [5.74, 6) is 7.60. The van der Waals surface area contributed by atoms with Crippen molar-refractivity contribution in [3.05, 3.63) is 143 Å². The maximum atomic E-state index is 11.4. The number of aliphatic hydroxyl groups is 20. The third kappa shape index (κ3) is 33.6. The summed E-state index contributed by atoms with van der Waals surface area (Å²) in [7, 11) is 0. The van der Waals surface area contributed by atoms with Crippen molar-refractivity contribution in [2.75, 3.05) is 119 Å². The van der Waals surface area contributed by atoms with Gasteiger partial charge in [0.25, 0.3) is 0 Å². The fourth-order valence-electron chi connectivity index (χ4n) is 22.5. The predicted molar refractivity (Wildman–Crippen MR) is 547 cm³/mol.